The van der Waals surface area contributed by atoms with Gasteiger partial charge in [-0.15, -0.1) is 5.10 Å². The Morgan fingerprint density at radius 2 is 2.12 bits per heavy atom. The number of nitrogens with zero attached hydrogens (tertiary/aromatic N) is 4. The second-order valence-corrected chi connectivity index (χ2v) is 5.22. The first-order chi connectivity index (χ1) is 7.88. The number of nitrogens with one attached hydrogen (secondary N) is 1. The van der Waals surface area contributed by atoms with E-state index in [-0.39, 0.29) is 5.56 Å². The fraction of sp³-hybridized carbons (Fsp3) is 0.250. The molecule has 2 aromatic rings. The number of hydrogen-bond acceptors (Lipinski definition) is 6. The molecule has 0 bridgehead atoms. The highest BCUT2D eigenvalue weighted by atomic mass is 32.2. The normalized spacial score (nSPS) is 11.6. The number of fused-ring (bicyclic) bond motifs is 1. The molecule has 0 atom stereocenters. The third-order valence-corrected chi connectivity index (χ3v) is 2.62. The Labute approximate surface area is 96.7 Å². The molecule has 17 heavy (non-hydrogen) atoms. The maximum absolute atomic E-state index is 11.7. The van der Waals surface area contributed by atoms with Crippen LogP contribution < -0.4 is 4.72 Å². The van der Waals surface area contributed by atoms with Gasteiger partial charge in [-0.05, 0) is 0 Å². The molecule has 90 valence electrons. The predicted molar refractivity (Wildman–Crippen MR) is 58.6 cm³/mol. The molecule has 2 aromatic heterocycles. The second-order valence-electron chi connectivity index (χ2n) is 3.47. The van der Waals surface area contributed by atoms with Crippen LogP contribution in [0.3, 0.4) is 0 Å². The maximum atomic E-state index is 11.7. The molecule has 2 heterocycles. The van der Waals surface area contributed by atoms with Gasteiger partial charge < -0.3 is 0 Å². The number of rotatable bonds is 2. The van der Waals surface area contributed by atoms with Crippen LogP contribution in [0.1, 0.15) is 10.4 Å². The summed E-state index contributed by atoms with van der Waals surface area (Å²) < 4.78 is 25.2. The van der Waals surface area contributed by atoms with Crippen molar-refractivity contribution >= 4 is 27.0 Å². The minimum atomic E-state index is -3.61. The number of aryl methyl sites for hydroxylation is 1. The molecule has 1 N–H and O–H groups in total. The van der Waals surface area contributed by atoms with Crippen molar-refractivity contribution in [3.8, 4) is 0 Å². The molecule has 2 rings (SSSR count). The molecule has 0 radical (unpaired) electrons. The molecule has 0 fully saturated rings. The van der Waals surface area contributed by atoms with Gasteiger partial charge in [0, 0.05) is 7.05 Å². The van der Waals surface area contributed by atoms with E-state index < -0.39 is 15.9 Å². The van der Waals surface area contributed by atoms with Crippen LogP contribution in [0.25, 0.3) is 11.0 Å². The average Bonchev–Trinajstić information content (AvgIpc) is 2.58. The number of hydrogen-bond donors (Lipinski definition) is 1. The van der Waals surface area contributed by atoms with E-state index in [9.17, 15) is 13.2 Å². The number of amides is 1. The monoisotopic (exact) mass is 255 g/mol. The lowest BCUT2D eigenvalue weighted by Gasteiger charge is -2.02. The lowest BCUT2D eigenvalue weighted by atomic mass is 10.2. The standard InChI is InChI=1S/C8H9N5O3S/c1-13-7-5(4-10-13)6(3-9-11-7)8(14)12-17(2,15)16/h3-4H,1-2H3,(H,12,14). The molecule has 0 saturated heterocycles. The van der Waals surface area contributed by atoms with Gasteiger partial charge >= 0.3 is 0 Å². The third kappa shape index (κ3) is 2.23. The smallest absolute Gasteiger partial charge is 0.267 e. The molecule has 0 aromatic carbocycles. The zero-order valence-electron chi connectivity index (χ0n) is 9.08. The Morgan fingerprint density at radius 3 is 2.76 bits per heavy atom. The lowest BCUT2D eigenvalue weighted by molar-refractivity contribution is 0.0983. The van der Waals surface area contributed by atoms with E-state index in [1.807, 2.05) is 4.72 Å². The van der Waals surface area contributed by atoms with E-state index in [1.54, 1.807) is 7.05 Å². The van der Waals surface area contributed by atoms with Gasteiger partial charge in [0.2, 0.25) is 10.0 Å². The van der Waals surface area contributed by atoms with Crippen LogP contribution >= 0.6 is 0 Å². The molecular formula is C8H9N5O3S. The van der Waals surface area contributed by atoms with Crippen LogP contribution in [-0.4, -0.2) is 40.6 Å². The first-order valence-electron chi connectivity index (χ1n) is 4.54. The van der Waals surface area contributed by atoms with E-state index >= 15 is 0 Å². The first kappa shape index (κ1) is 11.5. The van der Waals surface area contributed by atoms with Crippen molar-refractivity contribution in [2.75, 3.05) is 6.26 Å². The Balaban J connectivity index is 2.53. The van der Waals surface area contributed by atoms with E-state index in [0.717, 1.165) is 6.26 Å². The van der Waals surface area contributed by atoms with Crippen molar-refractivity contribution < 1.29 is 13.2 Å². The number of aromatic nitrogens is 4. The van der Waals surface area contributed by atoms with Crippen LogP contribution in [0.2, 0.25) is 0 Å². The Morgan fingerprint density at radius 1 is 1.41 bits per heavy atom. The summed E-state index contributed by atoms with van der Waals surface area (Å²) in [4.78, 5) is 11.7. The minimum absolute atomic E-state index is 0.119. The average molecular weight is 255 g/mol. The quantitative estimate of drug-likeness (QED) is 0.741. The van der Waals surface area contributed by atoms with Crippen molar-refractivity contribution in [3.05, 3.63) is 18.0 Å². The fourth-order valence-corrected chi connectivity index (χ4v) is 1.80. The summed E-state index contributed by atoms with van der Waals surface area (Å²) in [5.41, 5.74) is 0.527. The molecule has 0 unspecified atom stereocenters. The summed E-state index contributed by atoms with van der Waals surface area (Å²) in [6.07, 6.45) is 3.53. The van der Waals surface area contributed by atoms with Crippen molar-refractivity contribution in [3.63, 3.8) is 0 Å². The van der Waals surface area contributed by atoms with Crippen molar-refractivity contribution in [1.29, 1.82) is 0 Å². The minimum Gasteiger partial charge on any atom is -0.268 e. The van der Waals surface area contributed by atoms with Gasteiger partial charge in [0.05, 0.1) is 29.6 Å². The summed E-state index contributed by atoms with van der Waals surface area (Å²) in [5.74, 6) is -0.750. The topological polar surface area (TPSA) is 107 Å². The maximum Gasteiger partial charge on any atom is 0.267 e. The SMILES string of the molecule is Cn1ncc2c(C(=O)NS(C)(=O)=O)cnnc21. The molecule has 9 heteroatoms. The van der Waals surface area contributed by atoms with Crippen molar-refractivity contribution in [2.45, 2.75) is 0 Å². The van der Waals surface area contributed by atoms with E-state index in [2.05, 4.69) is 15.3 Å². The zero-order chi connectivity index (χ0) is 12.6. The van der Waals surface area contributed by atoms with Crippen LogP contribution in [0, 0.1) is 0 Å². The van der Waals surface area contributed by atoms with Gasteiger partial charge in [-0.1, -0.05) is 0 Å². The van der Waals surface area contributed by atoms with Crippen LogP contribution in [-0.2, 0) is 17.1 Å². The van der Waals surface area contributed by atoms with Gasteiger partial charge in [-0.25, -0.2) is 17.8 Å². The second kappa shape index (κ2) is 3.77. The first-order valence-corrected chi connectivity index (χ1v) is 6.43. The number of carbonyl (C=O) groups excluding carboxylic acids is 1. The van der Waals surface area contributed by atoms with Gasteiger partial charge in [0.15, 0.2) is 5.65 Å². The molecule has 1 amide bonds. The summed E-state index contributed by atoms with van der Waals surface area (Å²) in [6.45, 7) is 0. The molecule has 0 aliphatic rings. The third-order valence-electron chi connectivity index (χ3n) is 2.06. The Hall–Kier alpha value is -2.03. The highest BCUT2D eigenvalue weighted by Gasteiger charge is 2.16. The van der Waals surface area contributed by atoms with Crippen LogP contribution in [0.4, 0.5) is 0 Å². The molecule has 8 nitrogen and oxygen atoms in total. The van der Waals surface area contributed by atoms with E-state index in [0.29, 0.717) is 11.0 Å². The number of sulfonamides is 1. The van der Waals surface area contributed by atoms with Crippen LogP contribution in [0.15, 0.2) is 12.4 Å². The molecule has 0 saturated carbocycles. The zero-order valence-corrected chi connectivity index (χ0v) is 9.89. The molecule has 0 aliphatic heterocycles. The van der Waals surface area contributed by atoms with E-state index in [4.69, 9.17) is 0 Å². The number of carbonyl (C=O) groups is 1. The lowest BCUT2D eigenvalue weighted by Crippen LogP contribution is -2.29. The van der Waals surface area contributed by atoms with Gasteiger partial charge in [0.1, 0.15) is 0 Å². The summed E-state index contributed by atoms with van der Waals surface area (Å²) in [5, 5.41) is 11.8. The summed E-state index contributed by atoms with van der Waals surface area (Å²) >= 11 is 0. The van der Waals surface area contributed by atoms with Gasteiger partial charge in [0.25, 0.3) is 5.91 Å². The Bertz CT molecular complexity index is 690. The predicted octanol–water partition coefficient (Wildman–Crippen LogP) is -0.947. The molecular weight excluding hydrogens is 246 g/mol. The molecule has 0 aliphatic carbocycles. The summed E-state index contributed by atoms with van der Waals surface area (Å²) in [6, 6.07) is 0. The van der Waals surface area contributed by atoms with Crippen LogP contribution in [0.5, 0.6) is 0 Å². The summed E-state index contributed by atoms with van der Waals surface area (Å²) in [7, 11) is -1.96. The highest BCUT2D eigenvalue weighted by Crippen LogP contribution is 2.13. The van der Waals surface area contributed by atoms with E-state index in [1.165, 1.54) is 17.1 Å². The van der Waals surface area contributed by atoms with Gasteiger partial charge in [-0.3, -0.25) is 4.79 Å². The highest BCUT2D eigenvalue weighted by molar-refractivity contribution is 7.89. The fourth-order valence-electron chi connectivity index (χ4n) is 1.35. The Kier molecular flexibility index (Phi) is 2.54. The largest absolute Gasteiger partial charge is 0.268 e. The van der Waals surface area contributed by atoms with Gasteiger partial charge in [-0.2, -0.15) is 10.2 Å². The molecule has 0 spiro atoms. The van der Waals surface area contributed by atoms with Crippen molar-refractivity contribution in [2.24, 2.45) is 7.05 Å². The van der Waals surface area contributed by atoms with Crippen molar-refractivity contribution in [1.82, 2.24) is 24.7 Å².